The molecule has 108 valence electrons. The van der Waals surface area contributed by atoms with Crippen molar-refractivity contribution in [2.75, 3.05) is 13.1 Å². The largest absolute Gasteiger partial charge is 0.312 e. The van der Waals surface area contributed by atoms with Crippen LogP contribution in [0.15, 0.2) is 12.1 Å². The second kappa shape index (κ2) is 5.10. The molecule has 0 amide bonds. The number of hydrogen-bond acceptors (Lipinski definition) is 1. The van der Waals surface area contributed by atoms with E-state index in [9.17, 15) is 13.2 Å². The third kappa shape index (κ3) is 2.53. The van der Waals surface area contributed by atoms with Gasteiger partial charge in [-0.15, -0.1) is 0 Å². The maximum atomic E-state index is 13.9. The molecular formula is C15H17F3N2. The summed E-state index contributed by atoms with van der Waals surface area (Å²) in [6.07, 6.45) is 0. The van der Waals surface area contributed by atoms with E-state index in [1.807, 2.05) is 20.8 Å². The highest BCUT2D eigenvalue weighted by atomic mass is 19.2. The molecule has 1 unspecified atom stereocenters. The molecular weight excluding hydrogens is 265 g/mol. The van der Waals surface area contributed by atoms with E-state index in [1.54, 1.807) is 0 Å². The second-order valence-corrected chi connectivity index (χ2v) is 6.14. The topological polar surface area (TPSA) is 7.60 Å². The number of rotatable bonds is 1. The number of halogens is 3. The van der Waals surface area contributed by atoms with Crippen LogP contribution in [0.5, 0.6) is 0 Å². The lowest BCUT2D eigenvalue weighted by Gasteiger charge is -2.30. The van der Waals surface area contributed by atoms with Crippen molar-refractivity contribution < 1.29 is 13.2 Å². The van der Waals surface area contributed by atoms with Crippen molar-refractivity contribution in [2.45, 2.75) is 38.3 Å². The minimum atomic E-state index is -1.46. The van der Waals surface area contributed by atoms with Crippen LogP contribution in [-0.2, 0) is 0 Å². The van der Waals surface area contributed by atoms with E-state index < -0.39 is 29.4 Å². The fraction of sp³-hybridized carbons (Fsp3) is 0.533. The smallest absolute Gasteiger partial charge is 0.244 e. The number of likely N-dealkylation sites (tertiary alicyclic amines) is 1. The van der Waals surface area contributed by atoms with Gasteiger partial charge in [0.1, 0.15) is 0 Å². The molecule has 0 radical (unpaired) electrons. The molecule has 2 atom stereocenters. The van der Waals surface area contributed by atoms with Gasteiger partial charge in [-0.2, -0.15) is 0 Å². The van der Waals surface area contributed by atoms with Crippen LogP contribution in [0, 0.1) is 24.0 Å². The fourth-order valence-electron chi connectivity index (χ4n) is 2.60. The van der Waals surface area contributed by atoms with Crippen LogP contribution in [0.1, 0.15) is 32.3 Å². The van der Waals surface area contributed by atoms with Gasteiger partial charge in [0, 0.05) is 17.6 Å². The lowest BCUT2D eigenvalue weighted by atomic mass is 9.94. The summed E-state index contributed by atoms with van der Waals surface area (Å²) in [6, 6.07) is 1.74. The molecule has 0 spiro atoms. The maximum Gasteiger partial charge on any atom is 0.244 e. The SMILES string of the molecule is [C-]#[N+]C1CN(C(C)(C)C)C[C@H]1c1ccc(F)c(F)c1F. The molecule has 0 aliphatic carbocycles. The third-order valence-electron chi connectivity index (χ3n) is 3.87. The molecule has 0 bridgehead atoms. The zero-order valence-electron chi connectivity index (χ0n) is 11.8. The van der Waals surface area contributed by atoms with Crippen molar-refractivity contribution in [3.63, 3.8) is 0 Å². The van der Waals surface area contributed by atoms with E-state index in [1.165, 1.54) is 6.07 Å². The maximum absolute atomic E-state index is 13.9. The molecule has 1 aliphatic heterocycles. The van der Waals surface area contributed by atoms with Gasteiger partial charge in [-0.1, -0.05) is 6.07 Å². The summed E-state index contributed by atoms with van der Waals surface area (Å²) in [4.78, 5) is 5.60. The van der Waals surface area contributed by atoms with Crippen molar-refractivity contribution >= 4 is 0 Å². The molecule has 0 saturated carbocycles. The fourth-order valence-corrected chi connectivity index (χ4v) is 2.60. The zero-order valence-corrected chi connectivity index (χ0v) is 11.8. The normalized spacial score (nSPS) is 23.9. The van der Waals surface area contributed by atoms with Crippen LogP contribution in [-0.4, -0.2) is 29.6 Å². The Balaban J connectivity index is 2.38. The standard InChI is InChI=1S/C15H17F3N2/c1-15(2,3)20-7-10(12(8-20)19-4)9-5-6-11(16)14(18)13(9)17/h5-6,10,12H,7-8H2,1-3H3/t10-,12?/m0/s1. The summed E-state index contributed by atoms with van der Waals surface area (Å²) in [6.45, 7) is 14.3. The summed E-state index contributed by atoms with van der Waals surface area (Å²) in [7, 11) is 0. The highest BCUT2D eigenvalue weighted by Crippen LogP contribution is 2.35. The summed E-state index contributed by atoms with van der Waals surface area (Å²) >= 11 is 0. The van der Waals surface area contributed by atoms with E-state index in [0.29, 0.717) is 13.1 Å². The molecule has 1 aromatic rings. The summed E-state index contributed by atoms with van der Waals surface area (Å²) in [5.41, 5.74) is -0.0520. The molecule has 5 heteroatoms. The number of hydrogen-bond donors (Lipinski definition) is 0. The molecule has 0 N–H and O–H groups in total. The van der Waals surface area contributed by atoms with E-state index in [4.69, 9.17) is 6.57 Å². The first-order valence-corrected chi connectivity index (χ1v) is 6.50. The highest BCUT2D eigenvalue weighted by Gasteiger charge is 2.43. The minimum Gasteiger partial charge on any atom is -0.312 e. The van der Waals surface area contributed by atoms with Crippen molar-refractivity contribution in [2.24, 2.45) is 0 Å². The Morgan fingerprint density at radius 1 is 1.15 bits per heavy atom. The Labute approximate surface area is 117 Å². The predicted molar refractivity (Wildman–Crippen MR) is 70.8 cm³/mol. The number of benzene rings is 1. The predicted octanol–water partition coefficient (Wildman–Crippen LogP) is 3.59. The molecule has 1 fully saturated rings. The first kappa shape index (κ1) is 14.9. The van der Waals surface area contributed by atoms with E-state index in [2.05, 4.69) is 9.74 Å². The van der Waals surface area contributed by atoms with E-state index in [-0.39, 0.29) is 11.1 Å². The quantitative estimate of drug-likeness (QED) is 0.564. The second-order valence-electron chi connectivity index (χ2n) is 6.14. The van der Waals surface area contributed by atoms with Gasteiger partial charge in [0.25, 0.3) is 0 Å². The lowest BCUT2D eigenvalue weighted by Crippen LogP contribution is -2.39. The summed E-state index contributed by atoms with van der Waals surface area (Å²) in [5.74, 6) is -4.25. The Kier molecular flexibility index (Phi) is 3.79. The lowest BCUT2D eigenvalue weighted by molar-refractivity contribution is 0.172. The minimum absolute atomic E-state index is 0.0941. The summed E-state index contributed by atoms with van der Waals surface area (Å²) < 4.78 is 40.3. The van der Waals surface area contributed by atoms with Gasteiger partial charge in [-0.25, -0.2) is 19.7 Å². The van der Waals surface area contributed by atoms with Crippen LogP contribution in [0.4, 0.5) is 13.2 Å². The molecule has 1 heterocycles. The Morgan fingerprint density at radius 2 is 1.80 bits per heavy atom. The van der Waals surface area contributed by atoms with Gasteiger partial charge in [0.05, 0.1) is 12.5 Å². The molecule has 1 aromatic carbocycles. The van der Waals surface area contributed by atoms with Gasteiger partial charge in [-0.05, 0) is 26.8 Å². The van der Waals surface area contributed by atoms with Gasteiger partial charge >= 0.3 is 0 Å². The first-order chi connectivity index (χ1) is 9.25. The van der Waals surface area contributed by atoms with Gasteiger partial charge in [-0.3, -0.25) is 4.90 Å². The monoisotopic (exact) mass is 282 g/mol. The highest BCUT2D eigenvalue weighted by molar-refractivity contribution is 5.29. The molecule has 1 saturated heterocycles. The number of nitrogens with zero attached hydrogens (tertiary/aromatic N) is 2. The van der Waals surface area contributed by atoms with Gasteiger partial charge in [0.15, 0.2) is 17.5 Å². The van der Waals surface area contributed by atoms with Gasteiger partial charge in [0.2, 0.25) is 6.04 Å². The van der Waals surface area contributed by atoms with Crippen LogP contribution < -0.4 is 0 Å². The van der Waals surface area contributed by atoms with Crippen LogP contribution in [0.3, 0.4) is 0 Å². The Hall–Kier alpha value is -1.54. The molecule has 0 aromatic heterocycles. The Bertz CT molecular complexity index is 557. The Morgan fingerprint density at radius 3 is 2.35 bits per heavy atom. The van der Waals surface area contributed by atoms with Crippen molar-refractivity contribution in [3.8, 4) is 0 Å². The van der Waals surface area contributed by atoms with Crippen molar-refractivity contribution in [1.82, 2.24) is 4.90 Å². The van der Waals surface area contributed by atoms with E-state index in [0.717, 1.165) is 6.07 Å². The first-order valence-electron chi connectivity index (χ1n) is 6.50. The van der Waals surface area contributed by atoms with Crippen LogP contribution in [0.2, 0.25) is 0 Å². The van der Waals surface area contributed by atoms with Crippen molar-refractivity contribution in [1.29, 1.82) is 0 Å². The third-order valence-corrected chi connectivity index (χ3v) is 3.87. The van der Waals surface area contributed by atoms with Gasteiger partial charge < -0.3 is 4.85 Å². The van der Waals surface area contributed by atoms with Crippen LogP contribution >= 0.6 is 0 Å². The van der Waals surface area contributed by atoms with Crippen molar-refractivity contribution in [3.05, 3.63) is 46.6 Å². The average Bonchev–Trinajstić information content (AvgIpc) is 2.80. The molecule has 2 rings (SSSR count). The molecule has 1 aliphatic rings. The molecule has 20 heavy (non-hydrogen) atoms. The molecule has 2 nitrogen and oxygen atoms in total. The van der Waals surface area contributed by atoms with Crippen LogP contribution in [0.25, 0.3) is 4.85 Å². The zero-order chi connectivity index (χ0) is 15.1. The average molecular weight is 282 g/mol. The summed E-state index contributed by atoms with van der Waals surface area (Å²) in [5, 5.41) is 0. The van der Waals surface area contributed by atoms with E-state index >= 15 is 0 Å².